The van der Waals surface area contributed by atoms with Crippen molar-refractivity contribution in [2.24, 2.45) is 0 Å². The van der Waals surface area contributed by atoms with Crippen LogP contribution in [0.5, 0.6) is 0 Å². The number of hydrogen-bond acceptors (Lipinski definition) is 3. The molecule has 0 aliphatic carbocycles. The van der Waals surface area contributed by atoms with E-state index >= 15 is 0 Å². The first-order valence-electron chi connectivity index (χ1n) is 7.19. The Hall–Kier alpha value is -0.380. The molecule has 18 heavy (non-hydrogen) atoms. The van der Waals surface area contributed by atoms with Crippen LogP contribution in [-0.2, 0) is 4.74 Å². The number of ether oxygens (including phenoxy) is 1. The Labute approximate surface area is 115 Å². The summed E-state index contributed by atoms with van der Waals surface area (Å²) >= 11 is 1.81. The van der Waals surface area contributed by atoms with E-state index in [0.29, 0.717) is 12.1 Å². The van der Waals surface area contributed by atoms with Crippen LogP contribution in [0.15, 0.2) is 10.8 Å². The van der Waals surface area contributed by atoms with Gasteiger partial charge in [0, 0.05) is 12.6 Å². The van der Waals surface area contributed by atoms with E-state index in [-0.39, 0.29) is 0 Å². The van der Waals surface area contributed by atoms with Gasteiger partial charge in [0.05, 0.1) is 6.10 Å². The zero-order chi connectivity index (χ0) is 12.8. The summed E-state index contributed by atoms with van der Waals surface area (Å²) in [5, 5.41) is 8.17. The molecule has 1 aromatic rings. The second kappa shape index (κ2) is 7.27. The normalized spacial score (nSPS) is 21.3. The van der Waals surface area contributed by atoms with Crippen LogP contribution < -0.4 is 5.32 Å². The third-order valence-electron chi connectivity index (χ3n) is 3.76. The molecule has 2 nitrogen and oxygen atoms in total. The fraction of sp³-hybridized carbons (Fsp3) is 0.733. The average molecular weight is 267 g/mol. The van der Waals surface area contributed by atoms with E-state index in [4.69, 9.17) is 4.74 Å². The molecule has 1 saturated heterocycles. The molecule has 1 aliphatic rings. The maximum atomic E-state index is 5.69. The molecule has 2 atom stereocenters. The Kier molecular flexibility index (Phi) is 5.67. The minimum atomic E-state index is 0.530. The van der Waals surface area contributed by atoms with Gasteiger partial charge in [0.1, 0.15) is 0 Å². The van der Waals surface area contributed by atoms with E-state index in [9.17, 15) is 0 Å². The fourth-order valence-corrected chi connectivity index (χ4v) is 3.67. The Morgan fingerprint density at radius 1 is 1.50 bits per heavy atom. The molecule has 0 spiro atoms. The lowest BCUT2D eigenvalue weighted by molar-refractivity contribution is 0.101. The second-order valence-corrected chi connectivity index (χ2v) is 5.93. The summed E-state index contributed by atoms with van der Waals surface area (Å²) in [5.74, 6) is 0. The molecule has 0 saturated carbocycles. The lowest BCUT2D eigenvalue weighted by atomic mass is 9.99. The van der Waals surface area contributed by atoms with Crippen LogP contribution in [0.2, 0.25) is 0 Å². The molecule has 1 aromatic heterocycles. The van der Waals surface area contributed by atoms with Crippen molar-refractivity contribution >= 4 is 11.3 Å². The van der Waals surface area contributed by atoms with Crippen LogP contribution in [0.25, 0.3) is 0 Å². The van der Waals surface area contributed by atoms with Crippen molar-refractivity contribution in [1.82, 2.24) is 5.32 Å². The molecule has 3 heteroatoms. The van der Waals surface area contributed by atoms with Gasteiger partial charge in [0.25, 0.3) is 0 Å². The predicted octanol–water partition coefficient (Wildman–Crippen LogP) is 4.06. The van der Waals surface area contributed by atoms with Crippen molar-refractivity contribution in [2.75, 3.05) is 13.2 Å². The number of thiophene rings is 1. The molecule has 2 unspecified atom stereocenters. The smallest absolute Gasteiger partial charge is 0.0576 e. The zero-order valence-corrected chi connectivity index (χ0v) is 12.4. The number of aryl methyl sites for hydroxylation is 1. The molecule has 1 fully saturated rings. The molecule has 102 valence electrons. The number of nitrogens with one attached hydrogen (secondary N) is 1. The molecule has 2 heterocycles. The third kappa shape index (κ3) is 3.81. The maximum absolute atomic E-state index is 5.69. The van der Waals surface area contributed by atoms with E-state index in [1.54, 1.807) is 0 Å². The molecular weight excluding hydrogens is 242 g/mol. The van der Waals surface area contributed by atoms with Crippen LogP contribution in [0.3, 0.4) is 0 Å². The molecule has 1 N–H and O–H groups in total. The highest BCUT2D eigenvalue weighted by molar-refractivity contribution is 7.08. The highest BCUT2D eigenvalue weighted by atomic mass is 32.1. The highest BCUT2D eigenvalue weighted by Gasteiger charge is 2.17. The molecular formula is C15H25NOS. The molecule has 0 aromatic carbocycles. The van der Waals surface area contributed by atoms with E-state index in [2.05, 4.69) is 29.9 Å². The number of hydrogen-bond donors (Lipinski definition) is 1. The monoisotopic (exact) mass is 267 g/mol. The fourth-order valence-electron chi connectivity index (χ4n) is 2.76. The van der Waals surface area contributed by atoms with Gasteiger partial charge >= 0.3 is 0 Å². The van der Waals surface area contributed by atoms with E-state index in [1.165, 1.54) is 43.2 Å². The van der Waals surface area contributed by atoms with Crippen LogP contribution in [0.1, 0.15) is 56.2 Å². The van der Waals surface area contributed by atoms with Crippen LogP contribution in [0, 0.1) is 6.92 Å². The summed E-state index contributed by atoms with van der Waals surface area (Å²) in [7, 11) is 0. The first-order valence-corrected chi connectivity index (χ1v) is 8.13. The quantitative estimate of drug-likeness (QED) is 0.804. The van der Waals surface area contributed by atoms with Gasteiger partial charge in [-0.2, -0.15) is 11.3 Å². The van der Waals surface area contributed by atoms with Gasteiger partial charge in [-0.1, -0.05) is 6.92 Å². The van der Waals surface area contributed by atoms with Gasteiger partial charge < -0.3 is 10.1 Å². The lowest BCUT2D eigenvalue weighted by Gasteiger charge is -2.19. The van der Waals surface area contributed by atoms with Crippen molar-refractivity contribution < 1.29 is 4.74 Å². The Balaban J connectivity index is 1.80. The van der Waals surface area contributed by atoms with Crippen molar-refractivity contribution in [3.05, 3.63) is 21.9 Å². The lowest BCUT2D eigenvalue weighted by Crippen LogP contribution is -2.21. The van der Waals surface area contributed by atoms with Crippen molar-refractivity contribution in [3.8, 4) is 0 Å². The molecule has 0 radical (unpaired) electrons. The Morgan fingerprint density at radius 2 is 2.39 bits per heavy atom. The predicted molar refractivity (Wildman–Crippen MR) is 78.3 cm³/mol. The SMILES string of the molecule is CCNC(CCCC1CCCO1)c1cscc1C. The second-order valence-electron chi connectivity index (χ2n) is 5.19. The van der Waals surface area contributed by atoms with Gasteiger partial charge in [0.2, 0.25) is 0 Å². The first kappa shape index (κ1) is 14.0. The van der Waals surface area contributed by atoms with E-state index in [0.717, 1.165) is 13.2 Å². The van der Waals surface area contributed by atoms with Crippen LogP contribution >= 0.6 is 11.3 Å². The van der Waals surface area contributed by atoms with Crippen molar-refractivity contribution in [3.63, 3.8) is 0 Å². The summed E-state index contributed by atoms with van der Waals surface area (Å²) < 4.78 is 5.69. The molecule has 0 bridgehead atoms. The third-order valence-corrected chi connectivity index (χ3v) is 4.64. The summed E-state index contributed by atoms with van der Waals surface area (Å²) in [6.45, 7) is 6.43. The maximum Gasteiger partial charge on any atom is 0.0576 e. The van der Waals surface area contributed by atoms with Crippen LogP contribution in [0.4, 0.5) is 0 Å². The Bertz CT molecular complexity index is 344. The first-order chi connectivity index (χ1) is 8.81. The van der Waals surface area contributed by atoms with Gasteiger partial charge in [-0.3, -0.25) is 0 Å². The van der Waals surface area contributed by atoms with Crippen LogP contribution in [-0.4, -0.2) is 19.3 Å². The van der Waals surface area contributed by atoms with Gasteiger partial charge in [-0.25, -0.2) is 0 Å². The minimum Gasteiger partial charge on any atom is -0.378 e. The summed E-state index contributed by atoms with van der Waals surface area (Å²) in [4.78, 5) is 0. The van der Waals surface area contributed by atoms with Gasteiger partial charge in [0.15, 0.2) is 0 Å². The summed E-state index contributed by atoms with van der Waals surface area (Å²) in [6.07, 6.45) is 6.78. The standard InChI is InChI=1S/C15H25NOS/c1-3-16-15(14-11-18-10-12(14)2)8-4-6-13-7-5-9-17-13/h10-11,13,15-16H,3-9H2,1-2H3. The van der Waals surface area contributed by atoms with E-state index in [1.807, 2.05) is 11.3 Å². The van der Waals surface area contributed by atoms with Gasteiger partial charge in [-0.15, -0.1) is 0 Å². The van der Waals surface area contributed by atoms with Crippen molar-refractivity contribution in [2.45, 2.75) is 58.1 Å². The molecule has 0 amide bonds. The minimum absolute atomic E-state index is 0.530. The summed E-state index contributed by atoms with van der Waals surface area (Å²) in [5.41, 5.74) is 2.93. The molecule has 1 aliphatic heterocycles. The van der Waals surface area contributed by atoms with E-state index < -0.39 is 0 Å². The zero-order valence-electron chi connectivity index (χ0n) is 11.6. The Morgan fingerprint density at radius 3 is 3.00 bits per heavy atom. The number of rotatable bonds is 7. The average Bonchev–Trinajstić information content (AvgIpc) is 2.99. The summed E-state index contributed by atoms with van der Waals surface area (Å²) in [6, 6.07) is 0.530. The largest absolute Gasteiger partial charge is 0.378 e. The molecule has 2 rings (SSSR count). The highest BCUT2D eigenvalue weighted by Crippen LogP contribution is 2.27. The van der Waals surface area contributed by atoms with Crippen molar-refractivity contribution in [1.29, 1.82) is 0 Å². The topological polar surface area (TPSA) is 21.3 Å². The van der Waals surface area contributed by atoms with Gasteiger partial charge in [-0.05, 0) is 67.5 Å².